The summed E-state index contributed by atoms with van der Waals surface area (Å²) in [6.07, 6.45) is 1.80. The molecule has 0 spiro atoms. The van der Waals surface area contributed by atoms with Gasteiger partial charge in [0.25, 0.3) is 5.91 Å². The van der Waals surface area contributed by atoms with Crippen LogP contribution in [0.3, 0.4) is 0 Å². The Kier molecular flexibility index (Phi) is 5.65. The van der Waals surface area contributed by atoms with Crippen LogP contribution < -0.4 is 9.64 Å². The molecule has 0 aromatic heterocycles. The molecule has 0 fully saturated rings. The monoisotopic (exact) mass is 510 g/mol. The van der Waals surface area contributed by atoms with E-state index in [-0.39, 0.29) is 5.91 Å². The summed E-state index contributed by atoms with van der Waals surface area (Å²) in [6, 6.07) is 22.9. The van der Waals surface area contributed by atoms with Gasteiger partial charge in [-0.3, -0.25) is 9.69 Å². The Bertz CT molecular complexity index is 1100. The number of carbonyl (C=O) groups excluding carboxylic acids is 1. The zero-order valence-corrected chi connectivity index (χ0v) is 18.6. The normalized spacial score (nSPS) is 15.0. The number of carbonyl (C=O) groups is 1. The molecule has 0 unspecified atom stereocenters. The summed E-state index contributed by atoms with van der Waals surface area (Å²) in [4.78, 5) is 19.6. The van der Waals surface area contributed by atoms with Gasteiger partial charge in [0.1, 0.15) is 17.3 Å². The first-order chi connectivity index (χ1) is 14.0. The summed E-state index contributed by atoms with van der Waals surface area (Å²) >= 11 is 6.88. The fourth-order valence-electron chi connectivity index (χ4n) is 3.00. The lowest BCUT2D eigenvalue weighted by atomic mass is 10.1. The highest BCUT2D eigenvalue weighted by atomic mass is 79.9. The quantitative estimate of drug-likeness (QED) is 0.400. The Labute approximate surface area is 185 Å². The van der Waals surface area contributed by atoms with Gasteiger partial charge < -0.3 is 4.74 Å². The summed E-state index contributed by atoms with van der Waals surface area (Å²) < 4.78 is 7.19. The fourth-order valence-corrected chi connectivity index (χ4v) is 3.53. The van der Waals surface area contributed by atoms with Gasteiger partial charge in [0.05, 0.1) is 12.8 Å². The Morgan fingerprint density at radius 3 is 2.03 bits per heavy atom. The molecule has 29 heavy (non-hydrogen) atoms. The predicted molar refractivity (Wildman–Crippen MR) is 123 cm³/mol. The molecule has 3 aromatic rings. The number of nitrogens with zero attached hydrogens (tertiary/aromatic N) is 2. The summed E-state index contributed by atoms with van der Waals surface area (Å²) in [6.45, 7) is 0. The van der Waals surface area contributed by atoms with Gasteiger partial charge in [-0.15, -0.1) is 0 Å². The third-order valence-electron chi connectivity index (χ3n) is 4.47. The number of benzene rings is 3. The van der Waals surface area contributed by atoms with Crippen molar-refractivity contribution in [3.05, 3.63) is 98.6 Å². The largest absolute Gasteiger partial charge is 0.497 e. The molecule has 3 aromatic carbocycles. The van der Waals surface area contributed by atoms with Crippen LogP contribution in [0.25, 0.3) is 6.08 Å². The van der Waals surface area contributed by atoms with Crippen molar-refractivity contribution in [1.29, 1.82) is 0 Å². The van der Waals surface area contributed by atoms with Gasteiger partial charge in [0.15, 0.2) is 0 Å². The predicted octanol–water partition coefficient (Wildman–Crippen LogP) is 6.05. The van der Waals surface area contributed by atoms with Gasteiger partial charge in [-0.1, -0.05) is 56.1 Å². The van der Waals surface area contributed by atoms with E-state index in [4.69, 9.17) is 4.74 Å². The standard InChI is InChI=1S/C23H16Br2N2O2/c1-29-20-12-10-19(11-13-20)27-22(16-4-8-18(25)9-5-16)26-21(23(27)28)14-15-2-6-17(24)7-3-15/h2-14H,1H3/b21-14+. The number of hydrogen-bond donors (Lipinski definition) is 0. The van der Waals surface area contributed by atoms with Crippen LogP contribution in [-0.2, 0) is 4.79 Å². The van der Waals surface area contributed by atoms with Crippen LogP contribution in [0.4, 0.5) is 5.69 Å². The molecular weight excluding hydrogens is 496 g/mol. The van der Waals surface area contributed by atoms with E-state index >= 15 is 0 Å². The number of amidine groups is 1. The van der Waals surface area contributed by atoms with Crippen molar-refractivity contribution in [2.24, 2.45) is 4.99 Å². The average Bonchev–Trinajstić information content (AvgIpc) is 3.06. The first-order valence-electron chi connectivity index (χ1n) is 8.85. The van der Waals surface area contributed by atoms with Crippen molar-refractivity contribution in [3.63, 3.8) is 0 Å². The number of amides is 1. The zero-order valence-electron chi connectivity index (χ0n) is 15.5. The molecule has 0 saturated carbocycles. The van der Waals surface area contributed by atoms with Crippen LogP contribution >= 0.6 is 31.9 Å². The molecule has 6 heteroatoms. The third-order valence-corrected chi connectivity index (χ3v) is 5.52. The summed E-state index contributed by atoms with van der Waals surface area (Å²) in [5, 5.41) is 0. The highest BCUT2D eigenvalue weighted by Gasteiger charge is 2.32. The van der Waals surface area contributed by atoms with E-state index in [0.717, 1.165) is 31.5 Å². The number of ether oxygens (including phenoxy) is 1. The van der Waals surface area contributed by atoms with E-state index in [1.165, 1.54) is 0 Å². The number of methoxy groups -OCH3 is 1. The highest BCUT2D eigenvalue weighted by molar-refractivity contribution is 9.10. The van der Waals surface area contributed by atoms with E-state index < -0.39 is 0 Å². The first kappa shape index (κ1) is 19.6. The van der Waals surface area contributed by atoms with Crippen LogP contribution in [0.15, 0.2) is 92.4 Å². The average molecular weight is 512 g/mol. The molecular formula is C23H16Br2N2O2. The van der Waals surface area contributed by atoms with Crippen molar-refractivity contribution in [2.45, 2.75) is 0 Å². The zero-order chi connectivity index (χ0) is 20.4. The smallest absolute Gasteiger partial charge is 0.282 e. The first-order valence-corrected chi connectivity index (χ1v) is 10.4. The number of rotatable bonds is 4. The number of anilines is 1. The van der Waals surface area contributed by atoms with Crippen LogP contribution in [0.2, 0.25) is 0 Å². The lowest BCUT2D eigenvalue weighted by Gasteiger charge is -2.19. The second-order valence-corrected chi connectivity index (χ2v) is 8.19. The third kappa shape index (κ3) is 4.18. The molecule has 0 atom stereocenters. The molecule has 144 valence electrons. The van der Waals surface area contributed by atoms with Gasteiger partial charge in [-0.05, 0) is 60.2 Å². The Morgan fingerprint density at radius 1 is 0.862 bits per heavy atom. The lowest BCUT2D eigenvalue weighted by molar-refractivity contribution is -0.113. The maximum atomic E-state index is 13.3. The van der Waals surface area contributed by atoms with Crippen LogP contribution in [-0.4, -0.2) is 18.9 Å². The van der Waals surface area contributed by atoms with Crippen molar-refractivity contribution < 1.29 is 9.53 Å². The Morgan fingerprint density at radius 2 is 1.45 bits per heavy atom. The van der Waals surface area contributed by atoms with Crippen molar-refractivity contribution in [1.82, 2.24) is 0 Å². The molecule has 0 N–H and O–H groups in total. The number of halogens is 2. The topological polar surface area (TPSA) is 41.9 Å². The van der Waals surface area contributed by atoms with Gasteiger partial charge >= 0.3 is 0 Å². The SMILES string of the molecule is COc1ccc(N2C(=O)/C(=C\c3ccc(Br)cc3)N=C2c2ccc(Br)cc2)cc1. The van der Waals surface area contributed by atoms with Crippen LogP contribution in [0.1, 0.15) is 11.1 Å². The van der Waals surface area contributed by atoms with Crippen LogP contribution in [0, 0.1) is 0 Å². The number of aliphatic imine (C=N–C) groups is 1. The minimum Gasteiger partial charge on any atom is -0.497 e. The molecule has 1 heterocycles. The Balaban J connectivity index is 1.79. The van der Waals surface area contributed by atoms with E-state index in [1.54, 1.807) is 18.1 Å². The molecule has 4 nitrogen and oxygen atoms in total. The van der Waals surface area contributed by atoms with E-state index in [1.807, 2.05) is 72.8 Å². The molecule has 0 radical (unpaired) electrons. The molecule has 1 amide bonds. The maximum absolute atomic E-state index is 13.3. The van der Waals surface area contributed by atoms with E-state index in [2.05, 4.69) is 36.9 Å². The molecule has 1 aliphatic rings. The lowest BCUT2D eigenvalue weighted by Crippen LogP contribution is -2.32. The fraction of sp³-hybridized carbons (Fsp3) is 0.0435. The van der Waals surface area contributed by atoms with Crippen molar-refractivity contribution in [2.75, 3.05) is 12.0 Å². The van der Waals surface area contributed by atoms with Gasteiger partial charge in [0.2, 0.25) is 0 Å². The summed E-state index contributed by atoms with van der Waals surface area (Å²) in [5.41, 5.74) is 2.89. The summed E-state index contributed by atoms with van der Waals surface area (Å²) in [7, 11) is 1.61. The maximum Gasteiger partial charge on any atom is 0.282 e. The second kappa shape index (κ2) is 8.35. The highest BCUT2D eigenvalue weighted by Crippen LogP contribution is 2.29. The van der Waals surface area contributed by atoms with Gasteiger partial charge in [0, 0.05) is 14.5 Å². The minimum absolute atomic E-state index is 0.170. The van der Waals surface area contributed by atoms with Gasteiger partial charge in [-0.2, -0.15) is 0 Å². The van der Waals surface area contributed by atoms with E-state index in [0.29, 0.717) is 11.5 Å². The summed E-state index contributed by atoms with van der Waals surface area (Å²) in [5.74, 6) is 1.15. The molecule has 0 bridgehead atoms. The molecule has 0 aliphatic carbocycles. The van der Waals surface area contributed by atoms with Gasteiger partial charge in [-0.25, -0.2) is 4.99 Å². The minimum atomic E-state index is -0.170. The molecule has 1 aliphatic heterocycles. The van der Waals surface area contributed by atoms with Crippen LogP contribution in [0.5, 0.6) is 5.75 Å². The molecule has 0 saturated heterocycles. The second-order valence-electron chi connectivity index (χ2n) is 6.36. The van der Waals surface area contributed by atoms with Crippen molar-refractivity contribution >= 4 is 55.4 Å². The number of hydrogen-bond acceptors (Lipinski definition) is 3. The Hall–Kier alpha value is -2.70. The van der Waals surface area contributed by atoms with Crippen molar-refractivity contribution in [3.8, 4) is 5.75 Å². The van der Waals surface area contributed by atoms with E-state index in [9.17, 15) is 4.79 Å². The molecule has 4 rings (SSSR count).